The summed E-state index contributed by atoms with van der Waals surface area (Å²) in [6.45, 7) is 2.27. The van der Waals surface area contributed by atoms with Crippen molar-refractivity contribution in [1.29, 1.82) is 0 Å². The summed E-state index contributed by atoms with van der Waals surface area (Å²) in [6, 6.07) is -1.39. The highest BCUT2D eigenvalue weighted by atomic mass is 19.3. The van der Waals surface area contributed by atoms with Gasteiger partial charge in [0.2, 0.25) is 0 Å². The maximum absolute atomic E-state index is 13.2. The number of hydrogen-bond acceptors (Lipinski definition) is 3. The third kappa shape index (κ3) is 2.20. The first-order valence-electron chi connectivity index (χ1n) is 4.73. The molecule has 0 aromatic heterocycles. The molecule has 1 aliphatic rings. The van der Waals surface area contributed by atoms with Crippen LogP contribution >= 0.6 is 0 Å². The van der Waals surface area contributed by atoms with Gasteiger partial charge in [0, 0.05) is 13.0 Å². The smallest absolute Gasteiger partial charge is 0.329 e. The third-order valence-corrected chi connectivity index (χ3v) is 2.31. The third-order valence-electron chi connectivity index (χ3n) is 2.31. The number of halogens is 2. The summed E-state index contributed by atoms with van der Waals surface area (Å²) in [5, 5.41) is 0. The Kier molecular flexibility index (Phi) is 3.42. The summed E-state index contributed by atoms with van der Waals surface area (Å²) in [6.07, 6.45) is 0.378. The fourth-order valence-corrected chi connectivity index (χ4v) is 1.55. The topological polar surface area (TPSA) is 29.5 Å². The van der Waals surface area contributed by atoms with Gasteiger partial charge in [-0.2, -0.15) is 0 Å². The summed E-state index contributed by atoms with van der Waals surface area (Å²) in [4.78, 5) is 12.6. The normalized spacial score (nSPS) is 26.4. The number of carbonyl (C=O) groups is 1. The molecule has 0 N–H and O–H groups in total. The van der Waals surface area contributed by atoms with E-state index in [1.54, 1.807) is 0 Å². The predicted octanol–water partition coefficient (Wildman–Crippen LogP) is 1.28. The molecule has 82 valence electrons. The molecular weight excluding hydrogens is 192 g/mol. The number of alkyl halides is 2. The van der Waals surface area contributed by atoms with Crippen LogP contribution in [0.4, 0.5) is 8.78 Å². The van der Waals surface area contributed by atoms with Crippen LogP contribution in [-0.2, 0) is 9.53 Å². The first-order valence-corrected chi connectivity index (χ1v) is 4.73. The average Bonchev–Trinajstić information content (AvgIpc) is 2.37. The zero-order chi connectivity index (χ0) is 10.8. The number of esters is 1. The maximum atomic E-state index is 13.2. The van der Waals surface area contributed by atoms with Gasteiger partial charge in [-0.3, -0.25) is 9.69 Å². The van der Waals surface area contributed by atoms with Crippen molar-refractivity contribution in [3.8, 4) is 0 Å². The molecule has 0 amide bonds. The summed E-state index contributed by atoms with van der Waals surface area (Å²) in [5.74, 6) is -3.75. The second kappa shape index (κ2) is 4.21. The number of likely N-dealkylation sites (tertiary alicyclic amines) is 1. The van der Waals surface area contributed by atoms with Crippen molar-refractivity contribution in [2.75, 3.05) is 20.2 Å². The quantitative estimate of drug-likeness (QED) is 0.653. The molecule has 0 aromatic carbocycles. The van der Waals surface area contributed by atoms with Crippen LogP contribution in [-0.4, -0.2) is 43.0 Å². The van der Waals surface area contributed by atoms with Gasteiger partial charge >= 0.3 is 5.97 Å². The van der Waals surface area contributed by atoms with E-state index in [1.165, 1.54) is 11.9 Å². The molecule has 0 aromatic rings. The van der Waals surface area contributed by atoms with Gasteiger partial charge in [0.1, 0.15) is 0 Å². The van der Waals surface area contributed by atoms with Crippen LogP contribution in [0.3, 0.4) is 0 Å². The Bertz CT molecular complexity index is 221. The van der Waals surface area contributed by atoms with Crippen molar-refractivity contribution in [3.05, 3.63) is 0 Å². The van der Waals surface area contributed by atoms with Crippen LogP contribution in [0.2, 0.25) is 0 Å². The van der Waals surface area contributed by atoms with Crippen LogP contribution in [0.15, 0.2) is 0 Å². The molecule has 0 radical (unpaired) electrons. The first-order chi connectivity index (χ1) is 6.49. The molecule has 0 aliphatic carbocycles. The lowest BCUT2D eigenvalue weighted by atomic mass is 10.1. The van der Waals surface area contributed by atoms with E-state index in [9.17, 15) is 13.6 Å². The minimum absolute atomic E-state index is 0.208. The van der Waals surface area contributed by atoms with Gasteiger partial charge < -0.3 is 4.74 Å². The minimum Gasteiger partial charge on any atom is -0.464 e. The lowest BCUT2D eigenvalue weighted by Crippen LogP contribution is -2.44. The predicted molar refractivity (Wildman–Crippen MR) is 47.2 cm³/mol. The second-order valence-corrected chi connectivity index (χ2v) is 3.56. The number of nitrogens with zero attached hydrogens (tertiary/aromatic N) is 1. The first kappa shape index (κ1) is 11.4. The molecule has 1 unspecified atom stereocenters. The molecule has 1 rings (SSSR count). The van der Waals surface area contributed by atoms with E-state index < -0.39 is 17.9 Å². The molecule has 1 saturated heterocycles. The minimum atomic E-state index is -2.94. The summed E-state index contributed by atoms with van der Waals surface area (Å²) in [7, 11) is 1.51. The van der Waals surface area contributed by atoms with Crippen LogP contribution in [0.5, 0.6) is 0 Å². The molecule has 1 heterocycles. The molecule has 1 atom stereocenters. The standard InChI is InChI=1S/C9H15F2NO2/c1-3-6-14-8(13)7-9(10,11)4-5-12(7)2/h7H,3-6H2,1-2H3. The Morgan fingerprint density at radius 3 is 2.71 bits per heavy atom. The van der Waals surface area contributed by atoms with Gasteiger partial charge in [0.25, 0.3) is 5.92 Å². The fourth-order valence-electron chi connectivity index (χ4n) is 1.55. The van der Waals surface area contributed by atoms with Crippen LogP contribution in [0.1, 0.15) is 19.8 Å². The lowest BCUT2D eigenvalue weighted by molar-refractivity contribution is -0.158. The SMILES string of the molecule is CCCOC(=O)C1N(C)CCC1(F)F. The molecule has 3 nitrogen and oxygen atoms in total. The lowest BCUT2D eigenvalue weighted by Gasteiger charge is -2.22. The number of carbonyl (C=O) groups excluding carboxylic acids is 1. The Morgan fingerprint density at radius 1 is 1.64 bits per heavy atom. The van der Waals surface area contributed by atoms with Crippen LogP contribution in [0.25, 0.3) is 0 Å². The number of hydrogen-bond donors (Lipinski definition) is 0. The number of ether oxygens (including phenoxy) is 1. The Balaban J connectivity index is 2.60. The van der Waals surface area contributed by atoms with Gasteiger partial charge in [0.15, 0.2) is 6.04 Å². The van der Waals surface area contributed by atoms with E-state index in [-0.39, 0.29) is 19.6 Å². The summed E-state index contributed by atoms with van der Waals surface area (Å²) in [5.41, 5.74) is 0. The number of rotatable bonds is 3. The maximum Gasteiger partial charge on any atom is 0.329 e. The zero-order valence-electron chi connectivity index (χ0n) is 8.43. The summed E-state index contributed by atoms with van der Waals surface area (Å²) >= 11 is 0. The zero-order valence-corrected chi connectivity index (χ0v) is 8.43. The van der Waals surface area contributed by atoms with Crippen molar-refractivity contribution in [1.82, 2.24) is 4.90 Å². The Hall–Kier alpha value is -0.710. The van der Waals surface area contributed by atoms with Gasteiger partial charge in [-0.1, -0.05) is 6.92 Å². The largest absolute Gasteiger partial charge is 0.464 e. The van der Waals surface area contributed by atoms with Gasteiger partial charge in [-0.05, 0) is 13.5 Å². The van der Waals surface area contributed by atoms with E-state index in [4.69, 9.17) is 4.74 Å². The van der Waals surface area contributed by atoms with E-state index >= 15 is 0 Å². The van der Waals surface area contributed by atoms with Crippen LogP contribution in [0, 0.1) is 0 Å². The van der Waals surface area contributed by atoms with Gasteiger partial charge in [-0.25, -0.2) is 8.78 Å². The second-order valence-electron chi connectivity index (χ2n) is 3.56. The fraction of sp³-hybridized carbons (Fsp3) is 0.889. The van der Waals surface area contributed by atoms with E-state index in [0.29, 0.717) is 6.42 Å². The average molecular weight is 207 g/mol. The van der Waals surface area contributed by atoms with Gasteiger partial charge in [0.05, 0.1) is 6.61 Å². The van der Waals surface area contributed by atoms with E-state index in [2.05, 4.69) is 0 Å². The molecule has 0 saturated carbocycles. The molecule has 1 aliphatic heterocycles. The van der Waals surface area contributed by atoms with Crippen molar-refractivity contribution in [2.24, 2.45) is 0 Å². The van der Waals surface area contributed by atoms with Crippen molar-refractivity contribution in [2.45, 2.75) is 31.7 Å². The van der Waals surface area contributed by atoms with Crippen molar-refractivity contribution < 1.29 is 18.3 Å². The Morgan fingerprint density at radius 2 is 2.29 bits per heavy atom. The van der Waals surface area contributed by atoms with Crippen molar-refractivity contribution in [3.63, 3.8) is 0 Å². The Labute approximate surface area is 82.0 Å². The molecule has 5 heteroatoms. The molecular formula is C9H15F2NO2. The number of likely N-dealkylation sites (N-methyl/N-ethyl adjacent to an activating group) is 1. The molecule has 0 bridgehead atoms. The molecule has 14 heavy (non-hydrogen) atoms. The van der Waals surface area contributed by atoms with Gasteiger partial charge in [-0.15, -0.1) is 0 Å². The summed E-state index contributed by atoms with van der Waals surface area (Å²) < 4.78 is 31.1. The van der Waals surface area contributed by atoms with Crippen LogP contribution < -0.4 is 0 Å². The molecule has 1 fully saturated rings. The van der Waals surface area contributed by atoms with E-state index in [0.717, 1.165) is 0 Å². The highest BCUT2D eigenvalue weighted by Crippen LogP contribution is 2.33. The highest BCUT2D eigenvalue weighted by molar-refractivity contribution is 5.77. The highest BCUT2D eigenvalue weighted by Gasteiger charge is 2.52. The monoisotopic (exact) mass is 207 g/mol. The van der Waals surface area contributed by atoms with Crippen molar-refractivity contribution >= 4 is 5.97 Å². The van der Waals surface area contributed by atoms with E-state index in [1.807, 2.05) is 6.92 Å². The molecule has 0 spiro atoms.